The van der Waals surface area contributed by atoms with Crippen molar-refractivity contribution >= 4 is 39.1 Å². The van der Waals surface area contributed by atoms with E-state index < -0.39 is 29.1 Å². The van der Waals surface area contributed by atoms with Gasteiger partial charge in [0.25, 0.3) is 0 Å². The van der Waals surface area contributed by atoms with Crippen molar-refractivity contribution in [1.82, 2.24) is 0 Å². The van der Waals surface area contributed by atoms with E-state index in [2.05, 4.69) is 21.2 Å². The first-order valence-electron chi connectivity index (χ1n) is 5.85. The van der Waals surface area contributed by atoms with Gasteiger partial charge in [-0.1, -0.05) is 17.7 Å². The summed E-state index contributed by atoms with van der Waals surface area (Å²) in [5, 5.41) is 3.17. The molecule has 0 aromatic heterocycles. The van der Waals surface area contributed by atoms with Crippen LogP contribution in [0.25, 0.3) is 0 Å². The first-order chi connectivity index (χ1) is 9.90. The van der Waals surface area contributed by atoms with E-state index in [1.807, 2.05) is 0 Å². The second-order valence-corrected chi connectivity index (χ2v) is 5.51. The van der Waals surface area contributed by atoms with Crippen LogP contribution in [0, 0.1) is 11.6 Å². The molecule has 2 aromatic rings. The number of nitrogens with two attached hydrogens (primary N) is 1. The molecule has 0 radical (unpaired) electrons. The molecule has 2 rings (SSSR count). The third kappa shape index (κ3) is 3.51. The van der Waals surface area contributed by atoms with Crippen LogP contribution in [0.2, 0.25) is 5.02 Å². The van der Waals surface area contributed by atoms with Gasteiger partial charge in [0.15, 0.2) is 0 Å². The van der Waals surface area contributed by atoms with E-state index in [0.29, 0.717) is 15.2 Å². The van der Waals surface area contributed by atoms with Crippen LogP contribution in [0.5, 0.6) is 0 Å². The summed E-state index contributed by atoms with van der Waals surface area (Å²) < 4.78 is 28.2. The van der Waals surface area contributed by atoms with Gasteiger partial charge in [-0.25, -0.2) is 8.78 Å². The Bertz CT molecular complexity index is 676. The summed E-state index contributed by atoms with van der Waals surface area (Å²) in [5.74, 6) is -2.59. The molecule has 0 bridgehead atoms. The summed E-state index contributed by atoms with van der Waals surface area (Å²) in [4.78, 5) is 11.5. The van der Waals surface area contributed by atoms with Crippen molar-refractivity contribution in [1.29, 1.82) is 0 Å². The lowest BCUT2D eigenvalue weighted by Gasteiger charge is -2.18. The third-order valence-electron chi connectivity index (χ3n) is 2.80. The molecule has 0 heterocycles. The molecule has 2 aromatic carbocycles. The Morgan fingerprint density at radius 2 is 1.86 bits per heavy atom. The predicted octanol–water partition coefficient (Wildman–Crippen LogP) is 4.02. The number of rotatable bonds is 4. The molecule has 110 valence electrons. The van der Waals surface area contributed by atoms with Crippen LogP contribution in [-0.2, 0) is 4.79 Å². The van der Waals surface area contributed by atoms with Crippen LogP contribution in [0.1, 0.15) is 11.6 Å². The second-order valence-electron chi connectivity index (χ2n) is 4.24. The van der Waals surface area contributed by atoms with Gasteiger partial charge in [0.2, 0.25) is 5.91 Å². The maximum atomic E-state index is 13.8. The first-order valence-corrected chi connectivity index (χ1v) is 7.02. The van der Waals surface area contributed by atoms with Gasteiger partial charge in [-0.05, 0) is 46.3 Å². The number of carbonyl (C=O) groups is 1. The van der Waals surface area contributed by atoms with Gasteiger partial charge in [-0.15, -0.1) is 0 Å². The van der Waals surface area contributed by atoms with E-state index >= 15 is 0 Å². The number of halogens is 4. The second kappa shape index (κ2) is 6.41. The molecular weight excluding hydrogens is 366 g/mol. The molecule has 21 heavy (non-hydrogen) atoms. The maximum Gasteiger partial charge on any atom is 0.244 e. The minimum atomic E-state index is -1.33. The standard InChI is InChI=1S/C14H10BrClF2N2O/c15-8-6-7(4-5-9(8)16)20-13(14(19)21)12-10(17)2-1-3-11(12)18/h1-6,13,20H,(H2,19,21). The van der Waals surface area contributed by atoms with E-state index in [4.69, 9.17) is 17.3 Å². The Labute approximate surface area is 133 Å². The Morgan fingerprint density at radius 3 is 2.38 bits per heavy atom. The minimum Gasteiger partial charge on any atom is -0.370 e. The zero-order valence-electron chi connectivity index (χ0n) is 10.5. The van der Waals surface area contributed by atoms with Gasteiger partial charge in [0.1, 0.15) is 17.7 Å². The number of hydrogen-bond donors (Lipinski definition) is 2. The number of primary amides is 1. The number of benzene rings is 2. The van der Waals surface area contributed by atoms with Gasteiger partial charge in [-0.2, -0.15) is 0 Å². The molecule has 3 N–H and O–H groups in total. The molecular formula is C14H10BrClF2N2O. The monoisotopic (exact) mass is 374 g/mol. The van der Waals surface area contributed by atoms with Crippen LogP contribution in [0.3, 0.4) is 0 Å². The van der Waals surface area contributed by atoms with Gasteiger partial charge >= 0.3 is 0 Å². The topological polar surface area (TPSA) is 55.1 Å². The van der Waals surface area contributed by atoms with Gasteiger partial charge in [0.05, 0.1) is 10.6 Å². The normalized spacial score (nSPS) is 12.0. The van der Waals surface area contributed by atoms with Crippen molar-refractivity contribution in [3.05, 3.63) is 63.1 Å². The van der Waals surface area contributed by atoms with E-state index in [1.165, 1.54) is 6.07 Å². The lowest BCUT2D eigenvalue weighted by molar-refractivity contribution is -0.119. The highest BCUT2D eigenvalue weighted by Crippen LogP contribution is 2.29. The number of nitrogens with one attached hydrogen (secondary N) is 1. The van der Waals surface area contributed by atoms with E-state index in [9.17, 15) is 13.6 Å². The van der Waals surface area contributed by atoms with E-state index in [0.717, 1.165) is 12.1 Å². The van der Waals surface area contributed by atoms with Crippen LogP contribution < -0.4 is 11.1 Å². The summed E-state index contributed by atoms with van der Waals surface area (Å²) in [6.45, 7) is 0. The Hall–Kier alpha value is -1.66. The van der Waals surface area contributed by atoms with E-state index in [1.54, 1.807) is 18.2 Å². The molecule has 1 atom stereocenters. The summed E-state index contributed by atoms with van der Waals surface area (Å²) >= 11 is 9.08. The van der Waals surface area contributed by atoms with Crippen molar-refractivity contribution in [2.75, 3.05) is 5.32 Å². The highest BCUT2D eigenvalue weighted by Gasteiger charge is 2.25. The smallest absolute Gasteiger partial charge is 0.244 e. The lowest BCUT2D eigenvalue weighted by Crippen LogP contribution is -2.29. The van der Waals surface area contributed by atoms with Crippen molar-refractivity contribution in [2.24, 2.45) is 5.73 Å². The largest absolute Gasteiger partial charge is 0.370 e. The number of carbonyl (C=O) groups excluding carboxylic acids is 1. The molecule has 0 aliphatic heterocycles. The quantitative estimate of drug-likeness (QED) is 0.848. The lowest BCUT2D eigenvalue weighted by atomic mass is 10.0. The predicted molar refractivity (Wildman–Crippen MR) is 81.1 cm³/mol. The van der Waals surface area contributed by atoms with Crippen LogP contribution in [-0.4, -0.2) is 5.91 Å². The van der Waals surface area contributed by atoms with Crippen LogP contribution in [0.4, 0.5) is 14.5 Å². The van der Waals surface area contributed by atoms with Crippen LogP contribution in [0.15, 0.2) is 40.9 Å². The molecule has 3 nitrogen and oxygen atoms in total. The van der Waals surface area contributed by atoms with Crippen molar-refractivity contribution < 1.29 is 13.6 Å². The molecule has 0 saturated carbocycles. The molecule has 0 fully saturated rings. The fourth-order valence-corrected chi connectivity index (χ4v) is 2.32. The SMILES string of the molecule is NC(=O)C(Nc1ccc(Cl)c(Br)c1)c1c(F)cccc1F. The fraction of sp³-hybridized carbons (Fsp3) is 0.0714. The third-order valence-corrected chi connectivity index (χ3v) is 4.02. The molecule has 0 spiro atoms. The maximum absolute atomic E-state index is 13.8. The molecule has 0 saturated heterocycles. The minimum absolute atomic E-state index is 0.420. The fourth-order valence-electron chi connectivity index (χ4n) is 1.82. The molecule has 0 aliphatic carbocycles. The van der Waals surface area contributed by atoms with E-state index in [-0.39, 0.29) is 0 Å². The summed E-state index contributed by atoms with van der Waals surface area (Å²) in [6, 6.07) is 6.73. The van der Waals surface area contributed by atoms with Gasteiger partial charge in [-0.3, -0.25) is 4.79 Å². The van der Waals surface area contributed by atoms with Gasteiger partial charge in [0, 0.05) is 10.2 Å². The summed E-state index contributed by atoms with van der Waals surface area (Å²) in [5.41, 5.74) is 5.27. The van der Waals surface area contributed by atoms with Crippen molar-refractivity contribution in [3.63, 3.8) is 0 Å². The Kier molecular flexibility index (Phi) is 4.80. The van der Waals surface area contributed by atoms with Crippen molar-refractivity contribution in [2.45, 2.75) is 6.04 Å². The Balaban J connectivity index is 2.40. The zero-order valence-corrected chi connectivity index (χ0v) is 12.9. The Morgan fingerprint density at radius 1 is 1.24 bits per heavy atom. The number of amides is 1. The highest BCUT2D eigenvalue weighted by atomic mass is 79.9. The molecule has 1 unspecified atom stereocenters. The highest BCUT2D eigenvalue weighted by molar-refractivity contribution is 9.10. The van der Waals surface area contributed by atoms with Crippen LogP contribution >= 0.6 is 27.5 Å². The average molecular weight is 376 g/mol. The number of anilines is 1. The number of hydrogen-bond acceptors (Lipinski definition) is 2. The first kappa shape index (κ1) is 15.7. The van der Waals surface area contributed by atoms with Gasteiger partial charge < -0.3 is 11.1 Å². The summed E-state index contributed by atoms with van der Waals surface area (Å²) in [6.07, 6.45) is 0. The molecule has 7 heteroatoms. The summed E-state index contributed by atoms with van der Waals surface area (Å²) in [7, 11) is 0. The molecule has 1 amide bonds. The average Bonchev–Trinajstić information content (AvgIpc) is 2.41. The molecule has 0 aliphatic rings. The van der Waals surface area contributed by atoms with Crippen molar-refractivity contribution in [3.8, 4) is 0 Å². The zero-order chi connectivity index (χ0) is 15.6.